The standard InChI is InChI=1S/C13H23NO2/c1-3-11-8-14(9-11)13(12(15)16)6-4-10(2)5-7-13/h10-11H,3-9H2,1-2H3,(H,15,16). The number of aliphatic carboxylic acids is 1. The lowest BCUT2D eigenvalue weighted by molar-refractivity contribution is -0.161. The molecule has 0 spiro atoms. The van der Waals surface area contributed by atoms with E-state index in [1.807, 2.05) is 0 Å². The number of carboxylic acid groups (broad SMARTS) is 1. The fourth-order valence-corrected chi connectivity index (χ4v) is 3.08. The molecule has 1 aliphatic heterocycles. The lowest BCUT2D eigenvalue weighted by Gasteiger charge is -2.52. The van der Waals surface area contributed by atoms with E-state index in [1.54, 1.807) is 0 Å². The van der Waals surface area contributed by atoms with Gasteiger partial charge in [-0.3, -0.25) is 9.69 Å². The van der Waals surface area contributed by atoms with Gasteiger partial charge in [-0.05, 0) is 37.5 Å². The lowest BCUT2D eigenvalue weighted by atomic mass is 9.73. The molecule has 0 unspecified atom stereocenters. The minimum Gasteiger partial charge on any atom is -0.480 e. The van der Waals surface area contributed by atoms with E-state index in [4.69, 9.17) is 0 Å². The van der Waals surface area contributed by atoms with E-state index in [2.05, 4.69) is 18.7 Å². The Labute approximate surface area is 97.8 Å². The van der Waals surface area contributed by atoms with Crippen LogP contribution in [0.25, 0.3) is 0 Å². The molecule has 0 aromatic rings. The Morgan fingerprint density at radius 3 is 2.38 bits per heavy atom. The normalized spacial score (nSPS) is 37.0. The maximum Gasteiger partial charge on any atom is 0.324 e. The molecular weight excluding hydrogens is 202 g/mol. The molecule has 1 heterocycles. The molecule has 0 amide bonds. The summed E-state index contributed by atoms with van der Waals surface area (Å²) < 4.78 is 0. The van der Waals surface area contributed by atoms with Crippen molar-refractivity contribution in [1.29, 1.82) is 0 Å². The molecule has 92 valence electrons. The highest BCUT2D eigenvalue weighted by Gasteiger charge is 2.49. The highest BCUT2D eigenvalue weighted by Crippen LogP contribution is 2.40. The molecule has 0 bridgehead atoms. The second-order valence-corrected chi connectivity index (χ2v) is 5.70. The zero-order valence-corrected chi connectivity index (χ0v) is 10.4. The Morgan fingerprint density at radius 1 is 1.38 bits per heavy atom. The third-order valence-corrected chi connectivity index (χ3v) is 4.64. The van der Waals surface area contributed by atoms with Crippen LogP contribution in [-0.4, -0.2) is 34.6 Å². The highest BCUT2D eigenvalue weighted by atomic mass is 16.4. The molecule has 16 heavy (non-hydrogen) atoms. The number of rotatable bonds is 3. The summed E-state index contributed by atoms with van der Waals surface area (Å²) >= 11 is 0. The zero-order chi connectivity index (χ0) is 11.8. The first-order valence-corrected chi connectivity index (χ1v) is 6.57. The van der Waals surface area contributed by atoms with Gasteiger partial charge < -0.3 is 5.11 Å². The molecule has 1 aliphatic carbocycles. The van der Waals surface area contributed by atoms with E-state index in [0.717, 1.165) is 44.7 Å². The molecule has 2 rings (SSSR count). The van der Waals surface area contributed by atoms with Gasteiger partial charge in [-0.2, -0.15) is 0 Å². The predicted molar refractivity (Wildman–Crippen MR) is 63.4 cm³/mol. The number of likely N-dealkylation sites (tertiary alicyclic amines) is 1. The third-order valence-electron chi connectivity index (χ3n) is 4.64. The summed E-state index contributed by atoms with van der Waals surface area (Å²) in [4.78, 5) is 13.8. The van der Waals surface area contributed by atoms with Gasteiger partial charge in [0.15, 0.2) is 0 Å². The van der Waals surface area contributed by atoms with Gasteiger partial charge in [0, 0.05) is 13.1 Å². The molecule has 0 radical (unpaired) electrons. The van der Waals surface area contributed by atoms with Crippen molar-refractivity contribution in [2.45, 2.75) is 51.5 Å². The van der Waals surface area contributed by atoms with Gasteiger partial charge in [-0.15, -0.1) is 0 Å². The van der Waals surface area contributed by atoms with Crippen molar-refractivity contribution in [2.24, 2.45) is 11.8 Å². The van der Waals surface area contributed by atoms with E-state index in [1.165, 1.54) is 6.42 Å². The number of hydrogen-bond donors (Lipinski definition) is 1. The third kappa shape index (κ3) is 1.86. The fraction of sp³-hybridized carbons (Fsp3) is 0.923. The molecule has 1 saturated heterocycles. The van der Waals surface area contributed by atoms with Gasteiger partial charge in [0.05, 0.1) is 0 Å². The van der Waals surface area contributed by atoms with Gasteiger partial charge >= 0.3 is 5.97 Å². The van der Waals surface area contributed by atoms with E-state index >= 15 is 0 Å². The van der Waals surface area contributed by atoms with Crippen LogP contribution in [0.2, 0.25) is 0 Å². The first kappa shape index (κ1) is 11.9. The van der Waals surface area contributed by atoms with Crippen molar-refractivity contribution >= 4 is 5.97 Å². The van der Waals surface area contributed by atoms with E-state index in [9.17, 15) is 9.90 Å². The zero-order valence-electron chi connectivity index (χ0n) is 10.4. The van der Waals surface area contributed by atoms with Crippen molar-refractivity contribution in [3.05, 3.63) is 0 Å². The molecule has 0 aromatic carbocycles. The van der Waals surface area contributed by atoms with Crippen LogP contribution in [0.4, 0.5) is 0 Å². The molecule has 2 aliphatic rings. The van der Waals surface area contributed by atoms with Crippen LogP contribution in [0, 0.1) is 11.8 Å². The van der Waals surface area contributed by atoms with Crippen molar-refractivity contribution in [3.63, 3.8) is 0 Å². The first-order chi connectivity index (χ1) is 7.58. The summed E-state index contributed by atoms with van der Waals surface area (Å²) in [5.41, 5.74) is -0.516. The van der Waals surface area contributed by atoms with Crippen LogP contribution >= 0.6 is 0 Å². The van der Waals surface area contributed by atoms with E-state index in [-0.39, 0.29) is 0 Å². The smallest absolute Gasteiger partial charge is 0.324 e. The second-order valence-electron chi connectivity index (χ2n) is 5.70. The predicted octanol–water partition coefficient (Wildman–Crippen LogP) is 2.36. The molecule has 0 atom stereocenters. The van der Waals surface area contributed by atoms with Gasteiger partial charge in [-0.1, -0.05) is 20.3 Å². The SMILES string of the molecule is CCC1CN(C2(C(=O)O)CCC(C)CC2)C1. The monoisotopic (exact) mass is 225 g/mol. The topological polar surface area (TPSA) is 40.5 Å². The summed E-state index contributed by atoms with van der Waals surface area (Å²) in [6.07, 6.45) is 5.02. The maximum atomic E-state index is 11.6. The highest BCUT2D eigenvalue weighted by molar-refractivity contribution is 5.79. The molecular formula is C13H23NO2. The average molecular weight is 225 g/mol. The Hall–Kier alpha value is -0.570. The van der Waals surface area contributed by atoms with Crippen LogP contribution in [0.1, 0.15) is 46.0 Å². The lowest BCUT2D eigenvalue weighted by Crippen LogP contribution is -2.64. The molecule has 1 saturated carbocycles. The largest absolute Gasteiger partial charge is 0.480 e. The molecule has 1 N–H and O–H groups in total. The molecule has 3 nitrogen and oxygen atoms in total. The summed E-state index contributed by atoms with van der Waals surface area (Å²) in [5, 5.41) is 9.53. The molecule has 2 fully saturated rings. The van der Waals surface area contributed by atoms with Crippen LogP contribution in [0.3, 0.4) is 0 Å². The minimum atomic E-state index is -0.589. The quantitative estimate of drug-likeness (QED) is 0.801. The first-order valence-electron chi connectivity index (χ1n) is 6.57. The number of carboxylic acids is 1. The average Bonchev–Trinajstić information content (AvgIpc) is 2.19. The van der Waals surface area contributed by atoms with Gasteiger partial charge in [0.1, 0.15) is 5.54 Å². The van der Waals surface area contributed by atoms with Crippen LogP contribution in [0.15, 0.2) is 0 Å². The Bertz CT molecular complexity index is 263. The summed E-state index contributed by atoms with van der Waals surface area (Å²) in [6.45, 7) is 6.42. The fourth-order valence-electron chi connectivity index (χ4n) is 3.08. The molecule has 3 heteroatoms. The number of hydrogen-bond acceptors (Lipinski definition) is 2. The van der Waals surface area contributed by atoms with Crippen LogP contribution in [0.5, 0.6) is 0 Å². The maximum absolute atomic E-state index is 11.6. The Balaban J connectivity index is 2.03. The Morgan fingerprint density at radius 2 is 1.94 bits per heavy atom. The van der Waals surface area contributed by atoms with Crippen molar-refractivity contribution in [2.75, 3.05) is 13.1 Å². The van der Waals surface area contributed by atoms with Gasteiger partial charge in [-0.25, -0.2) is 0 Å². The van der Waals surface area contributed by atoms with E-state index < -0.39 is 11.5 Å². The Kier molecular flexibility index (Phi) is 3.24. The van der Waals surface area contributed by atoms with Crippen molar-refractivity contribution < 1.29 is 9.90 Å². The number of nitrogens with zero attached hydrogens (tertiary/aromatic N) is 1. The van der Waals surface area contributed by atoms with Gasteiger partial charge in [0.2, 0.25) is 0 Å². The van der Waals surface area contributed by atoms with E-state index in [0.29, 0.717) is 5.92 Å². The van der Waals surface area contributed by atoms with Crippen LogP contribution in [-0.2, 0) is 4.79 Å². The van der Waals surface area contributed by atoms with Gasteiger partial charge in [0.25, 0.3) is 0 Å². The van der Waals surface area contributed by atoms with Crippen LogP contribution < -0.4 is 0 Å². The summed E-state index contributed by atoms with van der Waals surface area (Å²) in [5.74, 6) is 0.847. The summed E-state index contributed by atoms with van der Waals surface area (Å²) in [7, 11) is 0. The second kappa shape index (κ2) is 4.36. The van der Waals surface area contributed by atoms with Crippen molar-refractivity contribution in [1.82, 2.24) is 4.90 Å². The number of carbonyl (C=O) groups is 1. The summed E-state index contributed by atoms with van der Waals surface area (Å²) in [6, 6.07) is 0. The van der Waals surface area contributed by atoms with Crippen molar-refractivity contribution in [3.8, 4) is 0 Å². The molecule has 0 aromatic heterocycles. The minimum absolute atomic E-state index is 0.516.